The van der Waals surface area contributed by atoms with Crippen molar-refractivity contribution in [2.24, 2.45) is 23.2 Å². The minimum Gasteiger partial charge on any atom is -0.497 e. The maximum atomic E-state index is 13.0. The standard InChI is InChI=1S/C25H32N2O5/c1-31-20-4-5-21-19(10-20)3-2-6-27(21)22(28)15-32-23(29)14-26-24(30)25-11-16-7-17(12-25)9-18(8-16)13-25/h4-5,10,16-18H,2-3,6-9,11-15H2,1H3,(H,26,30). The minimum atomic E-state index is -0.566. The second-order valence-electron chi connectivity index (χ2n) is 10.2. The van der Waals surface area contributed by atoms with E-state index in [1.165, 1.54) is 19.3 Å². The first kappa shape index (κ1) is 21.3. The fraction of sp³-hybridized carbons (Fsp3) is 0.640. The van der Waals surface area contributed by atoms with Gasteiger partial charge in [0.15, 0.2) is 6.61 Å². The molecule has 0 spiro atoms. The number of fused-ring (bicyclic) bond motifs is 1. The molecule has 1 N–H and O–H groups in total. The number of amides is 2. The highest BCUT2D eigenvalue weighted by atomic mass is 16.5. The van der Waals surface area contributed by atoms with E-state index in [9.17, 15) is 14.4 Å². The van der Waals surface area contributed by atoms with Crippen molar-refractivity contribution in [3.8, 4) is 5.75 Å². The van der Waals surface area contributed by atoms with Crippen LogP contribution in [0.25, 0.3) is 0 Å². The second-order valence-corrected chi connectivity index (χ2v) is 10.2. The molecule has 0 atom stereocenters. The van der Waals surface area contributed by atoms with Gasteiger partial charge < -0.3 is 19.7 Å². The Kier molecular flexibility index (Phi) is 5.59. The molecule has 2 amide bonds. The first-order valence-corrected chi connectivity index (χ1v) is 11.9. The Morgan fingerprint density at radius 2 is 1.78 bits per heavy atom. The van der Waals surface area contributed by atoms with Crippen LogP contribution in [0.3, 0.4) is 0 Å². The molecule has 0 saturated heterocycles. The molecule has 1 aromatic carbocycles. The van der Waals surface area contributed by atoms with E-state index in [2.05, 4.69) is 5.32 Å². The average molecular weight is 441 g/mol. The van der Waals surface area contributed by atoms with Gasteiger partial charge in [-0.3, -0.25) is 14.4 Å². The zero-order chi connectivity index (χ0) is 22.3. The quantitative estimate of drug-likeness (QED) is 0.688. The SMILES string of the molecule is COc1ccc2c(c1)CCCN2C(=O)COC(=O)CNC(=O)C12CC3CC(CC(C3)C1)C2. The summed E-state index contributed by atoms with van der Waals surface area (Å²) in [5, 5.41) is 2.82. The van der Waals surface area contributed by atoms with Gasteiger partial charge in [-0.05, 0) is 92.9 Å². The number of carbonyl (C=O) groups excluding carboxylic acids is 3. The van der Waals surface area contributed by atoms with Crippen LogP contribution in [0.2, 0.25) is 0 Å². The van der Waals surface area contributed by atoms with Crippen LogP contribution in [0.15, 0.2) is 18.2 Å². The average Bonchev–Trinajstić information content (AvgIpc) is 2.79. The van der Waals surface area contributed by atoms with Crippen molar-refractivity contribution < 1.29 is 23.9 Å². The van der Waals surface area contributed by atoms with Crippen molar-refractivity contribution >= 4 is 23.5 Å². The van der Waals surface area contributed by atoms with Crippen LogP contribution in [0.4, 0.5) is 5.69 Å². The Bertz CT molecular complexity index is 892. The van der Waals surface area contributed by atoms with E-state index >= 15 is 0 Å². The number of esters is 1. The molecule has 7 nitrogen and oxygen atoms in total. The maximum absolute atomic E-state index is 13.0. The van der Waals surface area contributed by atoms with Gasteiger partial charge in [0.25, 0.3) is 5.91 Å². The summed E-state index contributed by atoms with van der Waals surface area (Å²) in [7, 11) is 1.62. The highest BCUT2D eigenvalue weighted by molar-refractivity contribution is 5.96. The number of nitrogens with one attached hydrogen (secondary N) is 1. The van der Waals surface area contributed by atoms with Gasteiger partial charge in [0.1, 0.15) is 12.3 Å². The van der Waals surface area contributed by atoms with Crippen LogP contribution in [-0.2, 0) is 25.5 Å². The first-order chi connectivity index (χ1) is 15.5. The number of nitrogens with zero attached hydrogens (tertiary/aromatic N) is 1. The highest BCUT2D eigenvalue weighted by Gasteiger charge is 2.54. The Labute approximate surface area is 188 Å². The van der Waals surface area contributed by atoms with Gasteiger partial charge in [-0.2, -0.15) is 0 Å². The van der Waals surface area contributed by atoms with E-state index in [1.807, 2.05) is 18.2 Å². The van der Waals surface area contributed by atoms with Crippen molar-refractivity contribution in [2.45, 2.75) is 51.4 Å². The van der Waals surface area contributed by atoms with Gasteiger partial charge >= 0.3 is 5.97 Å². The Hall–Kier alpha value is -2.57. The van der Waals surface area contributed by atoms with Gasteiger partial charge in [0, 0.05) is 17.6 Å². The van der Waals surface area contributed by atoms with E-state index in [0.717, 1.165) is 49.1 Å². The molecule has 0 unspecified atom stereocenters. The molecule has 1 heterocycles. The molecule has 1 aliphatic heterocycles. The third kappa shape index (κ3) is 3.97. The van der Waals surface area contributed by atoms with Gasteiger partial charge in [0.05, 0.1) is 7.11 Å². The lowest BCUT2D eigenvalue weighted by Gasteiger charge is -2.55. The Morgan fingerprint density at radius 3 is 2.44 bits per heavy atom. The van der Waals surface area contributed by atoms with Crippen molar-refractivity contribution in [2.75, 3.05) is 31.7 Å². The van der Waals surface area contributed by atoms with Gasteiger partial charge in [-0.25, -0.2) is 0 Å². The number of rotatable bonds is 6. The third-order valence-corrected chi connectivity index (χ3v) is 7.98. The van der Waals surface area contributed by atoms with Gasteiger partial charge in [0.2, 0.25) is 5.91 Å². The van der Waals surface area contributed by atoms with Gasteiger partial charge in [-0.1, -0.05) is 0 Å². The molecule has 4 bridgehead atoms. The predicted octanol–water partition coefficient (Wildman–Crippen LogP) is 2.85. The summed E-state index contributed by atoms with van der Waals surface area (Å²) in [5.41, 5.74) is 1.61. The van der Waals surface area contributed by atoms with Crippen LogP contribution in [-0.4, -0.2) is 44.6 Å². The number of ether oxygens (including phenoxy) is 2. The van der Waals surface area contributed by atoms with E-state index in [0.29, 0.717) is 24.3 Å². The fourth-order valence-corrected chi connectivity index (χ4v) is 6.96. The van der Waals surface area contributed by atoms with Crippen LogP contribution in [0, 0.1) is 23.2 Å². The van der Waals surface area contributed by atoms with Crippen molar-refractivity contribution in [1.82, 2.24) is 5.32 Å². The topological polar surface area (TPSA) is 84.9 Å². The van der Waals surface area contributed by atoms with Gasteiger partial charge in [-0.15, -0.1) is 0 Å². The monoisotopic (exact) mass is 440 g/mol. The number of aryl methyl sites for hydroxylation is 1. The number of methoxy groups -OCH3 is 1. The molecule has 172 valence electrons. The molecule has 0 aromatic heterocycles. The van der Waals surface area contributed by atoms with Crippen LogP contribution in [0.1, 0.15) is 50.5 Å². The predicted molar refractivity (Wildman–Crippen MR) is 118 cm³/mol. The van der Waals surface area contributed by atoms with Crippen LogP contribution >= 0.6 is 0 Å². The smallest absolute Gasteiger partial charge is 0.325 e. The highest BCUT2D eigenvalue weighted by Crippen LogP contribution is 2.60. The van der Waals surface area contributed by atoms with E-state index in [4.69, 9.17) is 9.47 Å². The molecule has 7 heteroatoms. The molecule has 32 heavy (non-hydrogen) atoms. The van der Waals surface area contributed by atoms with E-state index in [1.54, 1.807) is 12.0 Å². The summed E-state index contributed by atoms with van der Waals surface area (Å²) < 4.78 is 10.5. The number of hydrogen-bond acceptors (Lipinski definition) is 5. The summed E-state index contributed by atoms with van der Waals surface area (Å²) in [6.07, 6.45) is 8.40. The molecular weight excluding hydrogens is 408 g/mol. The molecule has 0 radical (unpaired) electrons. The summed E-state index contributed by atoms with van der Waals surface area (Å²) in [4.78, 5) is 39.6. The number of benzene rings is 1. The third-order valence-electron chi connectivity index (χ3n) is 7.98. The normalized spacial score (nSPS) is 29.9. The zero-order valence-corrected chi connectivity index (χ0v) is 18.7. The summed E-state index contributed by atoms with van der Waals surface area (Å²) in [6.45, 7) is 0.0949. The summed E-state index contributed by atoms with van der Waals surface area (Å²) >= 11 is 0. The molecule has 5 aliphatic rings. The maximum Gasteiger partial charge on any atom is 0.325 e. The number of anilines is 1. The second kappa shape index (κ2) is 8.41. The van der Waals surface area contributed by atoms with Crippen molar-refractivity contribution in [3.05, 3.63) is 23.8 Å². The lowest BCUT2D eigenvalue weighted by molar-refractivity contribution is -0.152. The van der Waals surface area contributed by atoms with Crippen LogP contribution < -0.4 is 15.0 Å². The molecule has 4 aliphatic carbocycles. The Morgan fingerprint density at radius 1 is 1.09 bits per heavy atom. The lowest BCUT2D eigenvalue weighted by Crippen LogP contribution is -2.54. The van der Waals surface area contributed by atoms with E-state index < -0.39 is 5.97 Å². The zero-order valence-electron chi connectivity index (χ0n) is 18.7. The first-order valence-electron chi connectivity index (χ1n) is 11.9. The molecular formula is C25H32N2O5. The van der Waals surface area contributed by atoms with Crippen LogP contribution in [0.5, 0.6) is 5.75 Å². The van der Waals surface area contributed by atoms with Crippen molar-refractivity contribution in [1.29, 1.82) is 0 Å². The Balaban J connectivity index is 1.12. The molecule has 4 fully saturated rings. The fourth-order valence-electron chi connectivity index (χ4n) is 6.96. The number of hydrogen-bond donors (Lipinski definition) is 1. The molecule has 4 saturated carbocycles. The number of carbonyl (C=O) groups is 3. The summed E-state index contributed by atoms with van der Waals surface area (Å²) in [6, 6.07) is 5.65. The molecule has 1 aromatic rings. The van der Waals surface area contributed by atoms with E-state index in [-0.39, 0.29) is 30.4 Å². The summed E-state index contributed by atoms with van der Waals surface area (Å²) in [5.74, 6) is 1.95. The van der Waals surface area contributed by atoms with Crippen molar-refractivity contribution in [3.63, 3.8) is 0 Å². The molecule has 6 rings (SSSR count). The largest absolute Gasteiger partial charge is 0.497 e. The lowest BCUT2D eigenvalue weighted by atomic mass is 9.49. The minimum absolute atomic E-state index is 0.00113.